The van der Waals surface area contributed by atoms with Crippen molar-refractivity contribution in [2.45, 2.75) is 19.3 Å². The molecule has 0 saturated carbocycles. The zero-order chi connectivity index (χ0) is 12.0. The van der Waals surface area contributed by atoms with Crippen LogP contribution in [0.4, 0.5) is 0 Å². The van der Waals surface area contributed by atoms with Gasteiger partial charge in [-0.1, -0.05) is 11.6 Å². The van der Waals surface area contributed by atoms with Crippen LogP contribution in [0.5, 0.6) is 0 Å². The van der Waals surface area contributed by atoms with Gasteiger partial charge in [-0.05, 0) is 31.4 Å². The minimum absolute atomic E-state index is 0.0147. The maximum Gasteiger partial charge on any atom is 0.263 e. The summed E-state index contributed by atoms with van der Waals surface area (Å²) in [6, 6.07) is 3.48. The molecule has 0 fully saturated rings. The smallest absolute Gasteiger partial charge is 0.263 e. The van der Waals surface area contributed by atoms with Crippen LogP contribution >= 0.6 is 22.9 Å². The third kappa shape index (κ3) is 4.12. The van der Waals surface area contributed by atoms with Crippen molar-refractivity contribution >= 4 is 28.8 Å². The molecule has 16 heavy (non-hydrogen) atoms. The molecule has 0 aliphatic carbocycles. The molecule has 1 rings (SSSR count). The first-order chi connectivity index (χ1) is 7.65. The molecule has 3 nitrogen and oxygen atoms in total. The number of carbonyl (C=O) groups excluding carboxylic acids is 1. The molecule has 90 valence electrons. The summed E-state index contributed by atoms with van der Waals surface area (Å²) in [5.74, 6) is 0.0147. The number of hydrogen-bond donors (Lipinski definition) is 1. The second-order valence-corrected chi connectivity index (χ2v) is 5.33. The minimum Gasteiger partial charge on any atom is -0.396 e. The Morgan fingerprint density at radius 1 is 1.44 bits per heavy atom. The molecule has 1 amide bonds. The number of hydrogen-bond acceptors (Lipinski definition) is 3. The van der Waals surface area contributed by atoms with E-state index in [1.165, 1.54) is 11.3 Å². The van der Waals surface area contributed by atoms with Gasteiger partial charge in [0, 0.05) is 20.2 Å². The molecule has 1 heterocycles. The third-order valence-electron chi connectivity index (χ3n) is 2.28. The van der Waals surface area contributed by atoms with Gasteiger partial charge in [-0.3, -0.25) is 4.79 Å². The highest BCUT2D eigenvalue weighted by atomic mass is 35.5. The highest BCUT2D eigenvalue weighted by Gasteiger charge is 2.13. The Morgan fingerprint density at radius 3 is 2.75 bits per heavy atom. The normalized spacial score (nSPS) is 10.4. The van der Waals surface area contributed by atoms with Crippen LogP contribution in [-0.2, 0) is 0 Å². The zero-order valence-electron chi connectivity index (χ0n) is 9.28. The van der Waals surface area contributed by atoms with Crippen LogP contribution in [0.3, 0.4) is 0 Å². The summed E-state index contributed by atoms with van der Waals surface area (Å²) in [5.41, 5.74) is 0. The van der Waals surface area contributed by atoms with E-state index in [1.807, 2.05) is 0 Å². The predicted octanol–water partition coefficient (Wildman–Crippen LogP) is 2.64. The molecule has 0 bridgehead atoms. The van der Waals surface area contributed by atoms with Crippen molar-refractivity contribution in [3.63, 3.8) is 0 Å². The Labute approximate surface area is 105 Å². The van der Waals surface area contributed by atoms with Crippen LogP contribution in [0.1, 0.15) is 28.9 Å². The summed E-state index contributed by atoms with van der Waals surface area (Å²) in [5, 5.41) is 8.63. The maximum atomic E-state index is 11.9. The molecule has 5 heteroatoms. The summed E-state index contributed by atoms with van der Waals surface area (Å²) in [4.78, 5) is 14.2. The molecule has 0 spiro atoms. The Hall–Kier alpha value is -0.580. The van der Waals surface area contributed by atoms with Gasteiger partial charge in [0.15, 0.2) is 0 Å². The number of aliphatic hydroxyl groups excluding tert-OH is 1. The third-order valence-corrected chi connectivity index (χ3v) is 3.50. The summed E-state index contributed by atoms with van der Waals surface area (Å²) < 4.78 is 0.636. The minimum atomic E-state index is 0.0147. The number of nitrogens with zero attached hydrogens (tertiary/aromatic N) is 1. The maximum absolute atomic E-state index is 11.9. The number of amides is 1. The largest absolute Gasteiger partial charge is 0.396 e. The van der Waals surface area contributed by atoms with Gasteiger partial charge < -0.3 is 10.0 Å². The second-order valence-electron chi connectivity index (χ2n) is 3.61. The monoisotopic (exact) mass is 261 g/mol. The van der Waals surface area contributed by atoms with Gasteiger partial charge in [0.05, 0.1) is 9.21 Å². The van der Waals surface area contributed by atoms with E-state index in [2.05, 4.69) is 0 Å². The van der Waals surface area contributed by atoms with Crippen molar-refractivity contribution < 1.29 is 9.90 Å². The molecule has 0 unspecified atom stereocenters. The van der Waals surface area contributed by atoms with E-state index in [0.29, 0.717) is 15.8 Å². The highest BCUT2D eigenvalue weighted by Crippen LogP contribution is 2.22. The second kappa shape index (κ2) is 6.89. The van der Waals surface area contributed by atoms with Gasteiger partial charge in [0.2, 0.25) is 0 Å². The predicted molar refractivity (Wildman–Crippen MR) is 67.2 cm³/mol. The number of carbonyl (C=O) groups is 1. The molecule has 1 aromatic heterocycles. The van der Waals surface area contributed by atoms with E-state index >= 15 is 0 Å². The Bertz CT molecular complexity index is 340. The molecule has 0 aliphatic heterocycles. The van der Waals surface area contributed by atoms with Crippen LogP contribution in [0, 0.1) is 0 Å². The number of unbranched alkanes of at least 4 members (excludes halogenated alkanes) is 2. The Balaban J connectivity index is 2.36. The highest BCUT2D eigenvalue weighted by molar-refractivity contribution is 7.17. The molecular formula is C11H16ClNO2S. The summed E-state index contributed by atoms with van der Waals surface area (Å²) in [7, 11) is 1.79. The molecule has 0 saturated heterocycles. The van der Waals surface area contributed by atoms with Gasteiger partial charge in [0.1, 0.15) is 0 Å². The number of halogens is 1. The van der Waals surface area contributed by atoms with Crippen molar-refractivity contribution in [2.24, 2.45) is 0 Å². The molecular weight excluding hydrogens is 246 g/mol. The van der Waals surface area contributed by atoms with E-state index in [0.717, 1.165) is 19.3 Å². The van der Waals surface area contributed by atoms with Crippen molar-refractivity contribution in [3.05, 3.63) is 21.3 Å². The zero-order valence-corrected chi connectivity index (χ0v) is 10.9. The first-order valence-corrected chi connectivity index (χ1v) is 6.46. The molecule has 1 N–H and O–H groups in total. The van der Waals surface area contributed by atoms with Crippen molar-refractivity contribution in [2.75, 3.05) is 20.2 Å². The van der Waals surface area contributed by atoms with Crippen LogP contribution in [0.15, 0.2) is 12.1 Å². The molecule has 0 atom stereocenters. The summed E-state index contributed by atoms with van der Waals surface area (Å²) in [6.45, 7) is 0.937. The first kappa shape index (κ1) is 13.5. The SMILES string of the molecule is CN(CCCCCO)C(=O)c1ccc(Cl)s1. The van der Waals surface area contributed by atoms with Gasteiger partial charge in [-0.2, -0.15) is 0 Å². The Kier molecular flexibility index (Phi) is 5.80. The standard InChI is InChI=1S/C11H16ClNO2S/c1-13(7-3-2-4-8-14)11(15)9-5-6-10(12)16-9/h5-6,14H,2-4,7-8H2,1H3. The lowest BCUT2D eigenvalue weighted by Gasteiger charge is -2.15. The van der Waals surface area contributed by atoms with Gasteiger partial charge >= 0.3 is 0 Å². The van der Waals surface area contributed by atoms with Crippen LogP contribution in [0.2, 0.25) is 4.34 Å². The number of aliphatic hydroxyl groups is 1. The van der Waals surface area contributed by atoms with E-state index in [4.69, 9.17) is 16.7 Å². The fourth-order valence-electron chi connectivity index (χ4n) is 1.36. The van der Waals surface area contributed by atoms with E-state index in [9.17, 15) is 4.79 Å². The van der Waals surface area contributed by atoms with Crippen molar-refractivity contribution in [1.82, 2.24) is 4.90 Å². The molecule has 0 aromatic carbocycles. The van der Waals surface area contributed by atoms with Gasteiger partial charge in [-0.25, -0.2) is 0 Å². The van der Waals surface area contributed by atoms with Crippen molar-refractivity contribution in [3.8, 4) is 0 Å². The lowest BCUT2D eigenvalue weighted by Crippen LogP contribution is -2.27. The lowest BCUT2D eigenvalue weighted by atomic mass is 10.2. The van der Waals surface area contributed by atoms with Crippen LogP contribution in [0.25, 0.3) is 0 Å². The number of thiophene rings is 1. The van der Waals surface area contributed by atoms with Crippen LogP contribution in [-0.4, -0.2) is 36.1 Å². The van der Waals surface area contributed by atoms with E-state index in [-0.39, 0.29) is 12.5 Å². The van der Waals surface area contributed by atoms with Crippen molar-refractivity contribution in [1.29, 1.82) is 0 Å². The van der Waals surface area contributed by atoms with Gasteiger partial charge in [0.25, 0.3) is 5.91 Å². The summed E-state index contributed by atoms with van der Waals surface area (Å²) >= 11 is 7.08. The van der Waals surface area contributed by atoms with Gasteiger partial charge in [-0.15, -0.1) is 11.3 Å². The number of rotatable bonds is 6. The molecule has 0 aliphatic rings. The first-order valence-electron chi connectivity index (χ1n) is 5.27. The van der Waals surface area contributed by atoms with E-state index in [1.54, 1.807) is 24.1 Å². The van der Waals surface area contributed by atoms with E-state index < -0.39 is 0 Å². The molecule has 1 aromatic rings. The lowest BCUT2D eigenvalue weighted by molar-refractivity contribution is 0.0797. The molecule has 0 radical (unpaired) electrons. The topological polar surface area (TPSA) is 40.5 Å². The Morgan fingerprint density at radius 2 is 2.19 bits per heavy atom. The summed E-state index contributed by atoms with van der Waals surface area (Å²) in [6.07, 6.45) is 2.66. The fourth-order valence-corrected chi connectivity index (χ4v) is 2.39. The average Bonchev–Trinajstić information content (AvgIpc) is 2.70. The van der Waals surface area contributed by atoms with Crippen LogP contribution < -0.4 is 0 Å². The quantitative estimate of drug-likeness (QED) is 0.800. The fraction of sp³-hybridized carbons (Fsp3) is 0.545. The average molecular weight is 262 g/mol.